The number of nitrogens with one attached hydrogen (secondary N) is 1. The fourth-order valence-electron chi connectivity index (χ4n) is 3.17. The fourth-order valence-corrected chi connectivity index (χ4v) is 3.17. The van der Waals surface area contributed by atoms with Crippen molar-refractivity contribution in [2.75, 3.05) is 18.4 Å². The summed E-state index contributed by atoms with van der Waals surface area (Å²) in [6, 6.07) is 15.4. The van der Waals surface area contributed by atoms with Crippen LogP contribution in [0.5, 0.6) is 0 Å². The molecule has 1 aromatic heterocycles. The maximum Gasteiger partial charge on any atom is 0.170 e. The molecule has 0 aliphatic heterocycles. The number of hydrogen-bond donors (Lipinski definition) is 3. The third-order valence-corrected chi connectivity index (χ3v) is 4.72. The predicted octanol–water partition coefficient (Wildman–Crippen LogP) is 3.62. The lowest BCUT2D eigenvalue weighted by molar-refractivity contribution is -0.0442. The number of aliphatic hydroxyl groups is 2. The van der Waals surface area contributed by atoms with Crippen molar-refractivity contribution in [2.45, 2.75) is 33.0 Å². The van der Waals surface area contributed by atoms with Gasteiger partial charge in [-0.25, -0.2) is 0 Å². The summed E-state index contributed by atoms with van der Waals surface area (Å²) < 4.78 is 0. The van der Waals surface area contributed by atoms with Crippen molar-refractivity contribution >= 4 is 11.3 Å². The zero-order valence-corrected chi connectivity index (χ0v) is 17.8. The number of rotatable bonds is 10. The molecule has 0 radical (unpaired) electrons. The molecule has 7 nitrogen and oxygen atoms in total. The molecule has 1 heterocycles. The molecule has 0 fully saturated rings. The largest absolute Gasteiger partial charge is 0.368 e. The third kappa shape index (κ3) is 6.68. The highest BCUT2D eigenvalue weighted by atomic mass is 16.5. The Morgan fingerprint density at radius 3 is 2.42 bits per heavy atom. The van der Waals surface area contributed by atoms with E-state index in [2.05, 4.69) is 10.3 Å². The minimum atomic E-state index is -1.36. The Labute approximate surface area is 183 Å². The van der Waals surface area contributed by atoms with Crippen molar-refractivity contribution in [1.82, 2.24) is 9.88 Å². The lowest BCUT2D eigenvalue weighted by atomic mass is 9.97. The summed E-state index contributed by atoms with van der Waals surface area (Å²) in [6.07, 6.45) is 4.75. The normalized spacial score (nSPS) is 10.9. The third-order valence-electron chi connectivity index (χ3n) is 4.72. The smallest absolute Gasteiger partial charge is 0.170 e. The van der Waals surface area contributed by atoms with Gasteiger partial charge in [-0.05, 0) is 49.6 Å². The molecule has 0 unspecified atom stereocenters. The van der Waals surface area contributed by atoms with Crippen molar-refractivity contribution in [3.63, 3.8) is 0 Å². The highest BCUT2D eigenvalue weighted by molar-refractivity contribution is 5.81. The second-order valence-corrected chi connectivity index (χ2v) is 6.74. The Balaban J connectivity index is 2.46. The van der Waals surface area contributed by atoms with Crippen molar-refractivity contribution < 1.29 is 10.2 Å². The molecular formula is C24H27N5O2. The fraction of sp³-hybridized carbons (Fsp3) is 0.292. The first-order chi connectivity index (χ1) is 15.0. The van der Waals surface area contributed by atoms with Crippen LogP contribution in [-0.2, 0) is 0 Å². The number of benzene rings is 1. The minimum absolute atomic E-state index is 0.0223. The van der Waals surface area contributed by atoms with Gasteiger partial charge in [-0.3, -0.25) is 4.98 Å². The van der Waals surface area contributed by atoms with Gasteiger partial charge in [0.1, 0.15) is 18.0 Å². The molecule has 2 rings (SSSR count). The second-order valence-electron chi connectivity index (χ2n) is 6.74. The van der Waals surface area contributed by atoms with E-state index in [4.69, 9.17) is 0 Å². The minimum Gasteiger partial charge on any atom is -0.368 e. The van der Waals surface area contributed by atoms with Gasteiger partial charge in [0.15, 0.2) is 11.9 Å². The van der Waals surface area contributed by atoms with Crippen LogP contribution in [0.2, 0.25) is 0 Å². The Bertz CT molecular complexity index is 981. The van der Waals surface area contributed by atoms with E-state index in [0.29, 0.717) is 25.3 Å². The van der Waals surface area contributed by atoms with Gasteiger partial charge in [-0.2, -0.15) is 10.5 Å². The molecule has 3 N–H and O–H groups in total. The molecule has 0 spiro atoms. The highest BCUT2D eigenvalue weighted by Gasteiger charge is 2.14. The first-order valence-electron chi connectivity index (χ1n) is 10.2. The molecule has 0 saturated carbocycles. The standard InChI is InChI=1S/C24H27N5O2/c1-3-29(4-2)24(20(15-25)16-26)28-21-10-5-8-18(14-21)22(11-6-12-23(30)31)19-9-7-13-27-17-19/h5,7-11,13-14,17,23,28,30-31H,3-4,6,12H2,1-2H3/b22-11-. The summed E-state index contributed by atoms with van der Waals surface area (Å²) >= 11 is 0. The van der Waals surface area contributed by atoms with Crippen molar-refractivity contribution in [2.24, 2.45) is 0 Å². The lowest BCUT2D eigenvalue weighted by Gasteiger charge is -2.25. The lowest BCUT2D eigenvalue weighted by Crippen LogP contribution is -2.28. The Hall–Kier alpha value is -3.65. The van der Waals surface area contributed by atoms with Gasteiger partial charge in [0.25, 0.3) is 0 Å². The summed E-state index contributed by atoms with van der Waals surface area (Å²) in [7, 11) is 0. The maximum atomic E-state index is 9.39. The van der Waals surface area contributed by atoms with Crippen LogP contribution in [0.4, 0.5) is 5.69 Å². The van der Waals surface area contributed by atoms with Gasteiger partial charge in [0.2, 0.25) is 0 Å². The van der Waals surface area contributed by atoms with Crippen LogP contribution in [0, 0.1) is 22.7 Å². The molecule has 1 aromatic carbocycles. The Morgan fingerprint density at radius 1 is 1.13 bits per heavy atom. The van der Waals surface area contributed by atoms with E-state index in [1.54, 1.807) is 12.4 Å². The number of allylic oxidation sites excluding steroid dienone is 2. The Kier molecular flexibility index (Phi) is 9.25. The molecule has 0 saturated heterocycles. The molecule has 0 atom stereocenters. The zero-order chi connectivity index (χ0) is 22.6. The van der Waals surface area contributed by atoms with E-state index in [1.165, 1.54) is 0 Å². The number of nitrogens with zero attached hydrogens (tertiary/aromatic N) is 4. The van der Waals surface area contributed by atoms with E-state index in [-0.39, 0.29) is 12.0 Å². The number of pyridine rings is 1. The molecule has 0 aliphatic carbocycles. The molecular weight excluding hydrogens is 390 g/mol. The van der Waals surface area contributed by atoms with Gasteiger partial charge >= 0.3 is 0 Å². The van der Waals surface area contributed by atoms with E-state index in [0.717, 1.165) is 22.4 Å². The number of nitriles is 2. The molecule has 0 aliphatic rings. The first kappa shape index (κ1) is 23.6. The first-order valence-corrected chi connectivity index (χ1v) is 10.2. The zero-order valence-electron chi connectivity index (χ0n) is 17.8. The SMILES string of the molecule is CCN(CC)C(Nc1cccc(/C(=C/CCC(O)O)c2cccnc2)c1)=C(C#N)C#N. The van der Waals surface area contributed by atoms with Gasteiger partial charge in [0, 0.05) is 43.2 Å². The summed E-state index contributed by atoms with van der Waals surface area (Å²) in [5, 5.41) is 40.4. The average molecular weight is 418 g/mol. The van der Waals surface area contributed by atoms with E-state index >= 15 is 0 Å². The van der Waals surface area contributed by atoms with Crippen LogP contribution >= 0.6 is 0 Å². The molecule has 2 aromatic rings. The van der Waals surface area contributed by atoms with Crippen LogP contribution in [0.25, 0.3) is 5.57 Å². The van der Waals surface area contributed by atoms with Gasteiger partial charge in [-0.1, -0.05) is 24.3 Å². The van der Waals surface area contributed by atoms with Crippen LogP contribution < -0.4 is 5.32 Å². The van der Waals surface area contributed by atoms with E-state index in [1.807, 2.05) is 73.4 Å². The van der Waals surface area contributed by atoms with Gasteiger partial charge in [-0.15, -0.1) is 0 Å². The number of hydrogen-bond acceptors (Lipinski definition) is 7. The van der Waals surface area contributed by atoms with Gasteiger partial charge < -0.3 is 20.4 Å². The summed E-state index contributed by atoms with van der Waals surface area (Å²) in [6.45, 7) is 5.23. The quantitative estimate of drug-likeness (QED) is 0.399. The van der Waals surface area contributed by atoms with Crippen LogP contribution in [-0.4, -0.2) is 39.5 Å². The molecule has 31 heavy (non-hydrogen) atoms. The van der Waals surface area contributed by atoms with Gasteiger partial charge in [0.05, 0.1) is 0 Å². The maximum absolute atomic E-state index is 9.39. The van der Waals surface area contributed by atoms with E-state index < -0.39 is 6.29 Å². The summed E-state index contributed by atoms with van der Waals surface area (Å²) in [5.41, 5.74) is 3.47. The van der Waals surface area contributed by atoms with Crippen LogP contribution in [0.15, 0.2) is 66.3 Å². The second kappa shape index (κ2) is 12.1. The number of anilines is 1. The van der Waals surface area contributed by atoms with Crippen LogP contribution in [0.3, 0.4) is 0 Å². The number of aromatic nitrogens is 1. The predicted molar refractivity (Wildman–Crippen MR) is 120 cm³/mol. The highest BCUT2D eigenvalue weighted by Crippen LogP contribution is 2.27. The van der Waals surface area contributed by atoms with Crippen molar-refractivity contribution in [3.8, 4) is 12.1 Å². The van der Waals surface area contributed by atoms with Crippen molar-refractivity contribution in [3.05, 3.63) is 77.4 Å². The monoisotopic (exact) mass is 417 g/mol. The Morgan fingerprint density at radius 2 is 1.84 bits per heavy atom. The van der Waals surface area contributed by atoms with Crippen molar-refractivity contribution in [1.29, 1.82) is 10.5 Å². The summed E-state index contributed by atoms with van der Waals surface area (Å²) in [5.74, 6) is 0.475. The summed E-state index contributed by atoms with van der Waals surface area (Å²) in [4.78, 5) is 6.12. The average Bonchev–Trinajstić information content (AvgIpc) is 2.79. The molecule has 7 heteroatoms. The topological polar surface area (TPSA) is 116 Å². The molecule has 0 amide bonds. The molecule has 0 bridgehead atoms. The van der Waals surface area contributed by atoms with Crippen LogP contribution in [0.1, 0.15) is 37.8 Å². The molecule has 160 valence electrons. The number of aliphatic hydroxyl groups excluding tert-OH is 1. The van der Waals surface area contributed by atoms with E-state index in [9.17, 15) is 20.7 Å².